The number of hydrogen-bond acceptors (Lipinski definition) is 4. The second-order valence-electron chi connectivity index (χ2n) is 8.67. The Morgan fingerprint density at radius 2 is 1.83 bits per heavy atom. The molecule has 150 valence electrons. The lowest BCUT2D eigenvalue weighted by Gasteiger charge is -2.32. The summed E-state index contributed by atoms with van der Waals surface area (Å²) in [5.41, 5.74) is 5.84. The predicted molar refractivity (Wildman–Crippen MR) is 118 cm³/mol. The van der Waals surface area contributed by atoms with E-state index in [9.17, 15) is 5.11 Å². The number of hydrogen-bond donors (Lipinski definition) is 1. The molecule has 1 aliphatic heterocycles. The molecule has 0 bridgehead atoms. The second-order valence-corrected chi connectivity index (χ2v) is 8.67. The van der Waals surface area contributed by atoms with Crippen molar-refractivity contribution in [2.24, 2.45) is 0 Å². The average Bonchev–Trinajstić information content (AvgIpc) is 3.58. The molecule has 2 fully saturated rings. The van der Waals surface area contributed by atoms with Crippen molar-refractivity contribution < 1.29 is 5.11 Å². The number of likely N-dealkylation sites (N-methyl/N-ethyl adjacent to an activating group) is 1. The maximum absolute atomic E-state index is 9.86. The van der Waals surface area contributed by atoms with E-state index in [1.807, 2.05) is 12.1 Å². The first-order valence-electron chi connectivity index (χ1n) is 10.8. The summed E-state index contributed by atoms with van der Waals surface area (Å²) in [6, 6.07) is 16.5. The smallest absolute Gasteiger partial charge is 0.116 e. The van der Waals surface area contributed by atoms with E-state index in [1.165, 1.54) is 55.5 Å². The lowest BCUT2D eigenvalue weighted by molar-refractivity contribution is 0.155. The van der Waals surface area contributed by atoms with Crippen LogP contribution in [0.4, 0.5) is 0 Å². The molecular weight excluding hydrogens is 358 g/mol. The number of aromatic nitrogens is 1. The zero-order valence-electron chi connectivity index (χ0n) is 17.1. The van der Waals surface area contributed by atoms with Gasteiger partial charge in [-0.15, -0.1) is 0 Å². The van der Waals surface area contributed by atoms with Gasteiger partial charge < -0.3 is 14.9 Å². The van der Waals surface area contributed by atoms with E-state index in [4.69, 9.17) is 4.98 Å². The summed E-state index contributed by atoms with van der Waals surface area (Å²) in [5.74, 6) is 0.945. The number of piperazine rings is 1. The highest BCUT2D eigenvalue weighted by molar-refractivity contribution is 5.87. The molecule has 2 aliphatic rings. The van der Waals surface area contributed by atoms with Crippen molar-refractivity contribution in [1.29, 1.82) is 0 Å². The molecule has 4 nitrogen and oxygen atoms in total. The van der Waals surface area contributed by atoms with Crippen LogP contribution < -0.4 is 0 Å². The topological polar surface area (TPSA) is 39.6 Å². The third-order valence-electron chi connectivity index (χ3n) is 6.38. The van der Waals surface area contributed by atoms with Gasteiger partial charge in [-0.3, -0.25) is 0 Å². The first-order valence-corrected chi connectivity index (χ1v) is 10.8. The number of phenols is 1. The maximum atomic E-state index is 9.86. The van der Waals surface area contributed by atoms with Gasteiger partial charge in [0.05, 0.1) is 11.2 Å². The van der Waals surface area contributed by atoms with Crippen LogP contribution in [-0.2, 0) is 6.42 Å². The van der Waals surface area contributed by atoms with E-state index >= 15 is 0 Å². The highest BCUT2D eigenvalue weighted by atomic mass is 16.3. The van der Waals surface area contributed by atoms with Crippen LogP contribution in [0.5, 0.6) is 5.75 Å². The number of nitrogens with zero attached hydrogens (tertiary/aromatic N) is 3. The van der Waals surface area contributed by atoms with Crippen LogP contribution in [0.25, 0.3) is 22.2 Å². The number of fused-ring (bicyclic) bond motifs is 1. The molecule has 0 spiro atoms. The van der Waals surface area contributed by atoms with Crippen molar-refractivity contribution in [3.8, 4) is 17.0 Å². The van der Waals surface area contributed by atoms with Gasteiger partial charge in [0.25, 0.3) is 0 Å². The fourth-order valence-corrected chi connectivity index (χ4v) is 4.36. The lowest BCUT2D eigenvalue weighted by Crippen LogP contribution is -2.45. The fourth-order valence-electron chi connectivity index (χ4n) is 4.36. The van der Waals surface area contributed by atoms with Gasteiger partial charge in [-0.25, -0.2) is 4.98 Å². The Morgan fingerprint density at radius 1 is 1.00 bits per heavy atom. The number of phenolic OH excluding ortho intramolecular Hbond substituents is 1. The number of aromatic hydroxyl groups is 1. The summed E-state index contributed by atoms with van der Waals surface area (Å²) in [6.07, 6.45) is 3.63. The lowest BCUT2D eigenvalue weighted by atomic mass is 9.98. The predicted octanol–water partition coefficient (Wildman–Crippen LogP) is 4.27. The summed E-state index contributed by atoms with van der Waals surface area (Å²) >= 11 is 0. The summed E-state index contributed by atoms with van der Waals surface area (Å²) in [5, 5.41) is 11.2. The van der Waals surface area contributed by atoms with Crippen molar-refractivity contribution in [2.45, 2.75) is 25.2 Å². The monoisotopic (exact) mass is 387 g/mol. The van der Waals surface area contributed by atoms with Gasteiger partial charge >= 0.3 is 0 Å². The Hall–Kier alpha value is -2.43. The summed E-state index contributed by atoms with van der Waals surface area (Å²) < 4.78 is 0. The Kier molecular flexibility index (Phi) is 4.98. The van der Waals surface area contributed by atoms with Gasteiger partial charge in [0.2, 0.25) is 0 Å². The fraction of sp³-hybridized carbons (Fsp3) is 0.400. The SMILES string of the molecule is CN1CCN(CCc2ccc3nc(-c4cccc(O)c4)cc(C4CC4)c3c2)CC1. The Labute approximate surface area is 172 Å². The van der Waals surface area contributed by atoms with E-state index in [2.05, 4.69) is 41.1 Å². The molecule has 2 aromatic carbocycles. The molecule has 3 aromatic rings. The first kappa shape index (κ1) is 18.6. The molecule has 2 heterocycles. The highest BCUT2D eigenvalue weighted by Gasteiger charge is 2.26. The van der Waals surface area contributed by atoms with Crippen LogP contribution in [0.15, 0.2) is 48.5 Å². The summed E-state index contributed by atoms with van der Waals surface area (Å²) in [7, 11) is 2.21. The quantitative estimate of drug-likeness (QED) is 0.710. The number of pyridine rings is 1. The Morgan fingerprint density at radius 3 is 2.59 bits per heavy atom. The van der Waals surface area contributed by atoms with Crippen molar-refractivity contribution in [1.82, 2.24) is 14.8 Å². The average molecular weight is 388 g/mol. The van der Waals surface area contributed by atoms with Crippen LogP contribution in [0, 0.1) is 0 Å². The van der Waals surface area contributed by atoms with Crippen LogP contribution in [0.3, 0.4) is 0 Å². The maximum Gasteiger partial charge on any atom is 0.116 e. The molecule has 1 N–H and O–H groups in total. The molecule has 4 heteroatoms. The first-order chi connectivity index (χ1) is 14.2. The van der Waals surface area contributed by atoms with Crippen molar-refractivity contribution in [2.75, 3.05) is 39.8 Å². The zero-order valence-corrected chi connectivity index (χ0v) is 17.1. The van der Waals surface area contributed by atoms with Crippen molar-refractivity contribution in [3.05, 3.63) is 59.7 Å². The Bertz CT molecular complexity index is 1020. The molecule has 0 unspecified atom stereocenters. The molecule has 0 atom stereocenters. The minimum absolute atomic E-state index is 0.289. The zero-order chi connectivity index (χ0) is 19.8. The molecule has 1 saturated carbocycles. The van der Waals surface area contributed by atoms with E-state index in [0.29, 0.717) is 5.92 Å². The van der Waals surface area contributed by atoms with Gasteiger partial charge in [0.15, 0.2) is 0 Å². The van der Waals surface area contributed by atoms with Crippen molar-refractivity contribution in [3.63, 3.8) is 0 Å². The van der Waals surface area contributed by atoms with E-state index in [-0.39, 0.29) is 5.75 Å². The normalized spacial score (nSPS) is 18.4. The van der Waals surface area contributed by atoms with Gasteiger partial charge in [-0.05, 0) is 73.7 Å². The minimum Gasteiger partial charge on any atom is -0.508 e. The molecule has 29 heavy (non-hydrogen) atoms. The molecule has 1 saturated heterocycles. The van der Waals surface area contributed by atoms with E-state index in [0.717, 1.165) is 29.7 Å². The molecule has 0 amide bonds. The van der Waals surface area contributed by atoms with Crippen LogP contribution >= 0.6 is 0 Å². The molecule has 1 aromatic heterocycles. The summed E-state index contributed by atoms with van der Waals surface area (Å²) in [6.45, 7) is 5.82. The van der Waals surface area contributed by atoms with Crippen LogP contribution in [0.2, 0.25) is 0 Å². The molecular formula is C25H29N3O. The van der Waals surface area contributed by atoms with Crippen LogP contribution in [0.1, 0.15) is 29.9 Å². The van der Waals surface area contributed by atoms with Gasteiger partial charge in [-0.1, -0.05) is 18.2 Å². The van der Waals surface area contributed by atoms with Gasteiger partial charge in [-0.2, -0.15) is 0 Å². The van der Waals surface area contributed by atoms with Crippen LogP contribution in [-0.4, -0.2) is 59.7 Å². The Balaban J connectivity index is 1.43. The van der Waals surface area contributed by atoms with E-state index in [1.54, 1.807) is 12.1 Å². The van der Waals surface area contributed by atoms with Gasteiger partial charge in [0, 0.05) is 43.7 Å². The second kappa shape index (κ2) is 7.77. The third kappa shape index (κ3) is 4.14. The van der Waals surface area contributed by atoms with Gasteiger partial charge in [0.1, 0.15) is 5.75 Å². The minimum atomic E-state index is 0.289. The molecule has 0 radical (unpaired) electrons. The third-order valence-corrected chi connectivity index (χ3v) is 6.38. The standard InChI is InChI=1S/C25H29N3O/c1-27-11-13-28(14-12-27)10-9-18-5-8-24-23(15-18)22(19-6-7-19)17-25(26-24)20-3-2-4-21(29)16-20/h2-5,8,15-17,19,29H,6-7,9-14H2,1H3. The largest absolute Gasteiger partial charge is 0.508 e. The highest BCUT2D eigenvalue weighted by Crippen LogP contribution is 2.44. The van der Waals surface area contributed by atoms with E-state index < -0.39 is 0 Å². The molecule has 5 rings (SSSR count). The van der Waals surface area contributed by atoms with Crippen molar-refractivity contribution >= 4 is 10.9 Å². The summed E-state index contributed by atoms with van der Waals surface area (Å²) in [4.78, 5) is 9.92. The number of rotatable bonds is 5. The number of benzene rings is 2. The molecule has 1 aliphatic carbocycles.